The Morgan fingerprint density at radius 1 is 1.54 bits per heavy atom. The van der Waals surface area contributed by atoms with E-state index in [0.29, 0.717) is 11.8 Å². The molecule has 1 fully saturated rings. The lowest BCUT2D eigenvalue weighted by molar-refractivity contribution is -0.129. The van der Waals surface area contributed by atoms with Crippen LogP contribution in [-0.4, -0.2) is 36.8 Å². The van der Waals surface area contributed by atoms with Crippen LogP contribution in [0.5, 0.6) is 0 Å². The molecule has 0 saturated heterocycles. The topological polar surface area (TPSA) is 58.7 Å². The minimum atomic E-state index is -0.337. The fraction of sp³-hybridized carbons (Fsp3) is 0.778. The lowest BCUT2D eigenvalue weighted by Gasteiger charge is -2.13. The van der Waals surface area contributed by atoms with Gasteiger partial charge in [-0.3, -0.25) is 9.79 Å². The summed E-state index contributed by atoms with van der Waals surface area (Å²) in [5.41, 5.74) is 5.70. The van der Waals surface area contributed by atoms with Gasteiger partial charge < -0.3 is 10.6 Å². The second kappa shape index (κ2) is 3.77. The molecule has 0 spiro atoms. The molecule has 1 aliphatic carbocycles. The third-order valence-electron chi connectivity index (χ3n) is 2.14. The van der Waals surface area contributed by atoms with Crippen molar-refractivity contribution in [2.75, 3.05) is 14.1 Å². The quantitative estimate of drug-likeness (QED) is 0.503. The number of nitrogens with zero attached hydrogens (tertiary/aromatic N) is 2. The summed E-state index contributed by atoms with van der Waals surface area (Å²) in [6, 6.07) is -0.337. The van der Waals surface area contributed by atoms with Gasteiger partial charge in [-0.1, -0.05) is 0 Å². The van der Waals surface area contributed by atoms with Crippen LogP contribution in [0, 0.1) is 5.92 Å². The Hall–Kier alpha value is -1.06. The lowest BCUT2D eigenvalue weighted by Crippen LogP contribution is -2.32. The summed E-state index contributed by atoms with van der Waals surface area (Å²) in [4.78, 5) is 17.1. The Morgan fingerprint density at radius 2 is 2.08 bits per heavy atom. The van der Waals surface area contributed by atoms with Gasteiger partial charge in [0.15, 0.2) is 0 Å². The molecule has 0 aromatic heterocycles. The zero-order valence-corrected chi connectivity index (χ0v) is 8.45. The predicted octanol–water partition coefficient (Wildman–Crippen LogP) is 0.230. The maximum Gasteiger partial charge on any atom is 0.246 e. The van der Waals surface area contributed by atoms with E-state index in [2.05, 4.69) is 4.99 Å². The minimum absolute atomic E-state index is 0.00333. The number of rotatable bonds is 3. The smallest absolute Gasteiger partial charge is 0.246 e. The van der Waals surface area contributed by atoms with Gasteiger partial charge in [0.1, 0.15) is 6.04 Å². The summed E-state index contributed by atoms with van der Waals surface area (Å²) in [5.74, 6) is 1.09. The van der Waals surface area contributed by atoms with Crippen LogP contribution >= 0.6 is 0 Å². The van der Waals surface area contributed by atoms with E-state index in [1.165, 1.54) is 4.90 Å². The highest BCUT2D eigenvalue weighted by molar-refractivity contribution is 5.89. The first-order chi connectivity index (χ1) is 6.02. The molecular formula is C9H17N3O. The van der Waals surface area contributed by atoms with E-state index >= 15 is 0 Å². The molecule has 74 valence electrons. The van der Waals surface area contributed by atoms with Crippen LogP contribution < -0.4 is 5.73 Å². The zero-order chi connectivity index (χ0) is 10.0. The first-order valence-corrected chi connectivity index (χ1v) is 4.56. The van der Waals surface area contributed by atoms with Gasteiger partial charge in [0, 0.05) is 20.0 Å². The number of carbonyl (C=O) groups is 1. The Morgan fingerprint density at radius 3 is 2.46 bits per heavy atom. The number of hydrogen-bond donors (Lipinski definition) is 1. The summed E-state index contributed by atoms with van der Waals surface area (Å²) in [7, 11) is 3.45. The van der Waals surface area contributed by atoms with Gasteiger partial charge in [-0.25, -0.2) is 0 Å². The molecule has 13 heavy (non-hydrogen) atoms. The summed E-state index contributed by atoms with van der Waals surface area (Å²) in [6.07, 6.45) is 2.25. The van der Waals surface area contributed by atoms with E-state index in [-0.39, 0.29) is 11.9 Å². The maximum absolute atomic E-state index is 11.4. The van der Waals surface area contributed by atoms with E-state index in [1.807, 2.05) is 0 Å². The minimum Gasteiger partial charge on any atom is -0.387 e. The van der Waals surface area contributed by atoms with E-state index in [0.717, 1.165) is 12.8 Å². The molecule has 1 rings (SSSR count). The SMILES string of the molecule is CC(N=C(N)C1CC1)C(=O)N(C)C. The van der Waals surface area contributed by atoms with Crippen LogP contribution in [0.2, 0.25) is 0 Å². The van der Waals surface area contributed by atoms with Gasteiger partial charge in [0.2, 0.25) is 5.91 Å². The van der Waals surface area contributed by atoms with Crippen molar-refractivity contribution in [3.8, 4) is 0 Å². The molecule has 0 aromatic carbocycles. The van der Waals surface area contributed by atoms with Gasteiger partial charge in [-0.2, -0.15) is 0 Å². The normalized spacial score (nSPS) is 19.8. The Kier molecular flexibility index (Phi) is 2.90. The van der Waals surface area contributed by atoms with Gasteiger partial charge in [-0.15, -0.1) is 0 Å². The van der Waals surface area contributed by atoms with Crippen LogP contribution in [0.1, 0.15) is 19.8 Å². The first kappa shape index (κ1) is 10.0. The van der Waals surface area contributed by atoms with Gasteiger partial charge in [-0.05, 0) is 19.8 Å². The molecule has 1 amide bonds. The number of amidine groups is 1. The van der Waals surface area contributed by atoms with Crippen molar-refractivity contribution in [3.05, 3.63) is 0 Å². The molecule has 0 aromatic rings. The van der Waals surface area contributed by atoms with Crippen LogP contribution in [0.3, 0.4) is 0 Å². The molecule has 4 nitrogen and oxygen atoms in total. The highest BCUT2D eigenvalue weighted by atomic mass is 16.2. The Balaban J connectivity index is 2.51. The highest BCUT2D eigenvalue weighted by Gasteiger charge is 2.26. The molecule has 0 bridgehead atoms. The number of hydrogen-bond acceptors (Lipinski definition) is 2. The molecule has 0 heterocycles. The molecule has 1 unspecified atom stereocenters. The largest absolute Gasteiger partial charge is 0.387 e. The van der Waals surface area contributed by atoms with E-state index in [1.54, 1.807) is 21.0 Å². The lowest BCUT2D eigenvalue weighted by atomic mass is 10.3. The van der Waals surface area contributed by atoms with Gasteiger partial charge >= 0.3 is 0 Å². The number of carbonyl (C=O) groups excluding carboxylic acids is 1. The fourth-order valence-electron chi connectivity index (χ4n) is 1.14. The first-order valence-electron chi connectivity index (χ1n) is 4.56. The van der Waals surface area contributed by atoms with E-state index < -0.39 is 0 Å². The number of aliphatic imine (C=N–C) groups is 1. The molecule has 0 radical (unpaired) electrons. The summed E-state index contributed by atoms with van der Waals surface area (Å²) < 4.78 is 0. The van der Waals surface area contributed by atoms with Crippen molar-refractivity contribution in [2.45, 2.75) is 25.8 Å². The Bertz CT molecular complexity index is 231. The second-order valence-electron chi connectivity index (χ2n) is 3.74. The Labute approximate surface area is 78.8 Å². The van der Waals surface area contributed by atoms with Gasteiger partial charge in [0.25, 0.3) is 0 Å². The van der Waals surface area contributed by atoms with Crippen LogP contribution in [0.4, 0.5) is 0 Å². The van der Waals surface area contributed by atoms with Crippen molar-refractivity contribution < 1.29 is 4.79 Å². The van der Waals surface area contributed by atoms with Crippen molar-refractivity contribution in [1.29, 1.82) is 0 Å². The summed E-state index contributed by atoms with van der Waals surface area (Å²) >= 11 is 0. The highest BCUT2D eigenvalue weighted by Crippen LogP contribution is 2.29. The summed E-state index contributed by atoms with van der Waals surface area (Å²) in [6.45, 7) is 1.78. The predicted molar refractivity (Wildman–Crippen MR) is 52.5 cm³/mol. The molecule has 1 saturated carbocycles. The second-order valence-corrected chi connectivity index (χ2v) is 3.74. The zero-order valence-electron chi connectivity index (χ0n) is 8.45. The maximum atomic E-state index is 11.4. The van der Waals surface area contributed by atoms with Crippen molar-refractivity contribution >= 4 is 11.7 Å². The van der Waals surface area contributed by atoms with Crippen LogP contribution in [-0.2, 0) is 4.79 Å². The van der Waals surface area contributed by atoms with Crippen molar-refractivity contribution in [1.82, 2.24) is 4.90 Å². The monoisotopic (exact) mass is 183 g/mol. The number of amides is 1. The third kappa shape index (κ3) is 2.72. The number of likely N-dealkylation sites (N-methyl/N-ethyl adjacent to an activating group) is 1. The van der Waals surface area contributed by atoms with Crippen LogP contribution in [0.15, 0.2) is 4.99 Å². The molecular weight excluding hydrogens is 166 g/mol. The molecule has 1 atom stereocenters. The number of nitrogens with two attached hydrogens (primary N) is 1. The summed E-state index contributed by atoms with van der Waals surface area (Å²) in [5, 5.41) is 0. The van der Waals surface area contributed by atoms with Crippen molar-refractivity contribution in [2.24, 2.45) is 16.6 Å². The average molecular weight is 183 g/mol. The van der Waals surface area contributed by atoms with Crippen molar-refractivity contribution in [3.63, 3.8) is 0 Å². The third-order valence-corrected chi connectivity index (χ3v) is 2.14. The van der Waals surface area contributed by atoms with Gasteiger partial charge in [0.05, 0.1) is 5.84 Å². The average Bonchev–Trinajstić information content (AvgIpc) is 2.84. The van der Waals surface area contributed by atoms with Crippen LogP contribution in [0.25, 0.3) is 0 Å². The molecule has 4 heteroatoms. The molecule has 2 N–H and O–H groups in total. The molecule has 1 aliphatic rings. The standard InChI is InChI=1S/C9H17N3O/c1-6(9(13)12(2)3)11-8(10)7-4-5-7/h6-7H,4-5H2,1-3H3,(H2,10,11). The molecule has 0 aliphatic heterocycles. The fourth-order valence-corrected chi connectivity index (χ4v) is 1.14. The van der Waals surface area contributed by atoms with E-state index in [4.69, 9.17) is 5.73 Å². The van der Waals surface area contributed by atoms with E-state index in [9.17, 15) is 4.79 Å².